The summed E-state index contributed by atoms with van der Waals surface area (Å²) >= 11 is 0. The number of ether oxygens (including phenoxy) is 11. The largest absolute Gasteiger partial charge is 0.463 e. The molecule has 0 N–H and O–H groups in total. The molecule has 2 heterocycles. The molecule has 2 fully saturated rings. The minimum Gasteiger partial charge on any atom is -0.463 e. The van der Waals surface area contributed by atoms with Crippen LogP contribution in [0.4, 0.5) is 0 Å². The Labute approximate surface area is 378 Å². The predicted octanol–water partition coefficient (Wildman–Crippen LogP) is 5.64. The highest BCUT2D eigenvalue weighted by molar-refractivity contribution is 5.68. The van der Waals surface area contributed by atoms with Crippen LogP contribution in [0.5, 0.6) is 0 Å². The van der Waals surface area contributed by atoms with Crippen molar-refractivity contribution in [3.05, 3.63) is 144 Å². The topological polar surface area (TPSA) is 170 Å². The van der Waals surface area contributed by atoms with Crippen LogP contribution in [0.15, 0.2) is 121 Å². The van der Waals surface area contributed by atoms with Crippen LogP contribution in [-0.4, -0.2) is 105 Å². The van der Waals surface area contributed by atoms with Gasteiger partial charge in [-0.05, 0) is 28.8 Å². The average molecular weight is 895 g/mol. The Hall–Kier alpha value is -5.96. The second-order valence-electron chi connectivity index (χ2n) is 15.3. The minimum atomic E-state index is -2.01. The molecule has 0 spiro atoms. The number of carbonyl (C=O) groups is 4. The van der Waals surface area contributed by atoms with Crippen LogP contribution >= 0.6 is 0 Å². The van der Waals surface area contributed by atoms with Gasteiger partial charge in [-0.25, -0.2) is 0 Å². The molecule has 0 saturated carbocycles. The maximum atomic E-state index is 13.0. The van der Waals surface area contributed by atoms with Gasteiger partial charge in [0.1, 0.15) is 31.0 Å². The van der Waals surface area contributed by atoms with E-state index in [0.717, 1.165) is 37.5 Å². The van der Waals surface area contributed by atoms with Crippen LogP contribution in [0.2, 0.25) is 0 Å². The lowest BCUT2D eigenvalue weighted by Crippen LogP contribution is -2.72. The van der Waals surface area contributed by atoms with Crippen molar-refractivity contribution in [1.29, 1.82) is 0 Å². The molecule has 2 aliphatic rings. The van der Waals surface area contributed by atoms with Crippen molar-refractivity contribution in [1.82, 2.24) is 0 Å². The number of methoxy groups -OCH3 is 1. The number of rotatable bonds is 18. The Balaban J connectivity index is 1.57. The maximum Gasteiger partial charge on any atom is 0.303 e. The van der Waals surface area contributed by atoms with Gasteiger partial charge in [-0.1, -0.05) is 121 Å². The van der Waals surface area contributed by atoms with Crippen molar-refractivity contribution in [2.24, 2.45) is 0 Å². The monoisotopic (exact) mass is 894 g/mol. The van der Waals surface area contributed by atoms with Gasteiger partial charge in [0.2, 0.25) is 6.29 Å². The Morgan fingerprint density at radius 2 is 1.06 bits per heavy atom. The van der Waals surface area contributed by atoms with Crippen molar-refractivity contribution in [2.75, 3.05) is 20.3 Å². The van der Waals surface area contributed by atoms with E-state index in [1.54, 1.807) is 12.1 Å². The van der Waals surface area contributed by atoms with E-state index in [-0.39, 0.29) is 26.4 Å². The lowest BCUT2D eigenvalue weighted by molar-refractivity contribution is -0.385. The van der Waals surface area contributed by atoms with E-state index in [4.69, 9.17) is 52.1 Å². The normalized spacial score (nSPS) is 26.1. The molecule has 15 nitrogen and oxygen atoms in total. The van der Waals surface area contributed by atoms with Crippen molar-refractivity contribution in [3.8, 4) is 11.8 Å². The molecule has 15 heteroatoms. The van der Waals surface area contributed by atoms with Crippen molar-refractivity contribution < 1.29 is 71.3 Å². The van der Waals surface area contributed by atoms with E-state index < -0.39 is 91.4 Å². The molecule has 0 amide bonds. The Morgan fingerprint density at radius 3 is 1.60 bits per heavy atom. The maximum absolute atomic E-state index is 13.0. The van der Waals surface area contributed by atoms with Gasteiger partial charge < -0.3 is 52.1 Å². The Kier molecular flexibility index (Phi) is 17.8. The third-order valence-electron chi connectivity index (χ3n) is 10.4. The summed E-state index contributed by atoms with van der Waals surface area (Å²) < 4.78 is 69.5. The second-order valence-corrected chi connectivity index (χ2v) is 15.3. The fourth-order valence-electron chi connectivity index (χ4n) is 7.52. The molecular weight excluding hydrogens is 841 g/mol. The third-order valence-corrected chi connectivity index (χ3v) is 10.4. The van der Waals surface area contributed by atoms with Gasteiger partial charge >= 0.3 is 23.9 Å². The smallest absolute Gasteiger partial charge is 0.303 e. The van der Waals surface area contributed by atoms with Crippen LogP contribution in [0, 0.1) is 11.8 Å². The first-order valence-electron chi connectivity index (χ1n) is 21.1. The van der Waals surface area contributed by atoms with Crippen LogP contribution in [0.25, 0.3) is 0 Å². The van der Waals surface area contributed by atoms with Crippen LogP contribution < -0.4 is 0 Å². The van der Waals surface area contributed by atoms with Crippen molar-refractivity contribution in [2.45, 2.75) is 108 Å². The zero-order valence-electron chi connectivity index (χ0n) is 36.9. The molecular formula is C50H54O15. The van der Waals surface area contributed by atoms with Gasteiger partial charge in [0.05, 0.1) is 26.4 Å². The standard InChI is InChI=1S/C50H54O15/c1-33(51)57-31-41-43(60-34(2)52)44(61-35(3)53)45(62-36(4)54)49(63-41)65-50(27-26-37-18-10-6-11-19-37)42(32-56-28-38-20-12-7-13-21-38)64-48(55-5)46(58-29-39-22-14-8-15-23-39)47(50)59-30-40-24-16-9-17-25-40/h6-25,41-49H,28-32H2,1-5H3/t41-,42-,43+,44+,45-,46-,47-,48+,49+,50-/m1/s1. The molecule has 0 unspecified atom stereocenters. The highest BCUT2D eigenvalue weighted by Gasteiger charge is 2.63. The second kappa shape index (κ2) is 23.8. The lowest BCUT2D eigenvalue weighted by Gasteiger charge is -2.53. The van der Waals surface area contributed by atoms with Gasteiger partial charge in [-0.3, -0.25) is 19.2 Å². The van der Waals surface area contributed by atoms with Crippen LogP contribution in [0.3, 0.4) is 0 Å². The molecule has 0 bridgehead atoms. The van der Waals surface area contributed by atoms with Crippen LogP contribution in [-0.2, 0) is 91.1 Å². The van der Waals surface area contributed by atoms with E-state index in [2.05, 4.69) is 11.8 Å². The first kappa shape index (κ1) is 48.5. The summed E-state index contributed by atoms with van der Waals surface area (Å²) in [5, 5.41) is 0. The Bertz CT molecular complexity index is 2200. The van der Waals surface area contributed by atoms with Gasteiger partial charge in [-0.2, -0.15) is 0 Å². The highest BCUT2D eigenvalue weighted by Crippen LogP contribution is 2.42. The fraction of sp³-hybridized carbons (Fsp3) is 0.400. The summed E-state index contributed by atoms with van der Waals surface area (Å²) in [5.74, 6) is 3.50. The lowest BCUT2D eigenvalue weighted by atomic mass is 9.83. The summed E-state index contributed by atoms with van der Waals surface area (Å²) in [4.78, 5) is 50.7. The zero-order chi connectivity index (χ0) is 46.2. The fourth-order valence-corrected chi connectivity index (χ4v) is 7.52. The first-order valence-corrected chi connectivity index (χ1v) is 21.1. The van der Waals surface area contributed by atoms with E-state index in [1.807, 2.05) is 109 Å². The first-order chi connectivity index (χ1) is 31.4. The SMILES string of the molecule is CO[C@H]1O[C@H](COCc2ccccc2)[C@@](C#Cc2ccccc2)(O[C@@H]2O[C@H](COC(C)=O)[C@H](OC(C)=O)[C@H](OC(C)=O)[C@H]2OC(C)=O)[C@H](OCc2ccccc2)[C@H]1OCc1ccccc1. The molecule has 4 aromatic rings. The third kappa shape index (κ3) is 13.5. The van der Waals surface area contributed by atoms with E-state index in [0.29, 0.717) is 5.56 Å². The van der Waals surface area contributed by atoms with Gasteiger partial charge in [0.15, 0.2) is 30.2 Å². The number of benzene rings is 4. The summed E-state index contributed by atoms with van der Waals surface area (Å²) in [7, 11) is 1.47. The molecule has 2 aliphatic heterocycles. The summed E-state index contributed by atoms with van der Waals surface area (Å²) in [5.41, 5.74) is 1.07. The van der Waals surface area contributed by atoms with Crippen LogP contribution in [0.1, 0.15) is 49.9 Å². The molecule has 10 atom stereocenters. The van der Waals surface area contributed by atoms with Gasteiger partial charge in [0, 0.05) is 40.4 Å². The molecule has 344 valence electrons. The molecule has 0 aliphatic carbocycles. The molecule has 4 aromatic carbocycles. The molecule has 0 radical (unpaired) electrons. The summed E-state index contributed by atoms with van der Waals surface area (Å²) in [6.45, 7) is 4.18. The van der Waals surface area contributed by atoms with Crippen molar-refractivity contribution >= 4 is 23.9 Å². The number of hydrogen-bond donors (Lipinski definition) is 0. The van der Waals surface area contributed by atoms with E-state index >= 15 is 0 Å². The quantitative estimate of drug-likeness (QED) is 0.0683. The summed E-state index contributed by atoms with van der Waals surface area (Å²) in [6.07, 6.45) is -12.3. The molecule has 2 saturated heterocycles. The van der Waals surface area contributed by atoms with E-state index in [1.165, 1.54) is 14.0 Å². The Morgan fingerprint density at radius 1 is 0.554 bits per heavy atom. The molecule has 0 aromatic heterocycles. The van der Waals surface area contributed by atoms with Gasteiger partial charge in [0.25, 0.3) is 0 Å². The predicted molar refractivity (Wildman–Crippen MR) is 231 cm³/mol. The molecule has 65 heavy (non-hydrogen) atoms. The molecule has 6 rings (SSSR count). The minimum absolute atomic E-state index is 0.0153. The van der Waals surface area contributed by atoms with Gasteiger partial charge in [-0.15, -0.1) is 0 Å². The zero-order valence-corrected chi connectivity index (χ0v) is 36.9. The highest BCUT2D eigenvalue weighted by atomic mass is 16.8. The van der Waals surface area contributed by atoms with Crippen molar-refractivity contribution in [3.63, 3.8) is 0 Å². The number of esters is 4. The number of carbonyl (C=O) groups excluding carboxylic acids is 4. The summed E-state index contributed by atoms with van der Waals surface area (Å²) in [6, 6.07) is 37.5. The van der Waals surface area contributed by atoms with E-state index in [9.17, 15) is 19.2 Å². The average Bonchev–Trinajstić information content (AvgIpc) is 3.30. The number of hydrogen-bond acceptors (Lipinski definition) is 15.